The van der Waals surface area contributed by atoms with Crippen LogP contribution in [0, 0.1) is 0 Å². The summed E-state index contributed by atoms with van der Waals surface area (Å²) in [6.07, 6.45) is -4.14. The standard InChI is InChI=1S/C14H10F3NO3/c15-14(16,17)10-6-7-11(19)18(8-10)12(13(20)21)9-4-2-1-3-5-9/h1-8,12H,(H,20,21). The Labute approximate surface area is 117 Å². The van der Waals surface area contributed by atoms with Crippen molar-refractivity contribution >= 4 is 5.97 Å². The molecule has 0 spiro atoms. The molecular weight excluding hydrogens is 287 g/mol. The average molecular weight is 297 g/mol. The van der Waals surface area contributed by atoms with Crippen molar-refractivity contribution in [1.29, 1.82) is 0 Å². The van der Waals surface area contributed by atoms with Gasteiger partial charge in [-0.1, -0.05) is 30.3 Å². The molecule has 1 unspecified atom stereocenters. The molecule has 0 bridgehead atoms. The Bertz CT molecular complexity index is 707. The number of carboxylic acids is 1. The van der Waals surface area contributed by atoms with Crippen molar-refractivity contribution in [2.24, 2.45) is 0 Å². The maximum Gasteiger partial charge on any atom is 0.417 e. The molecule has 0 saturated carbocycles. The highest BCUT2D eigenvalue weighted by molar-refractivity contribution is 5.76. The van der Waals surface area contributed by atoms with Crippen molar-refractivity contribution < 1.29 is 23.1 Å². The van der Waals surface area contributed by atoms with Gasteiger partial charge >= 0.3 is 12.1 Å². The highest BCUT2D eigenvalue weighted by Gasteiger charge is 2.32. The van der Waals surface area contributed by atoms with Gasteiger partial charge in [-0.3, -0.25) is 9.36 Å². The fraction of sp³-hybridized carbons (Fsp3) is 0.143. The second-order valence-corrected chi connectivity index (χ2v) is 4.31. The molecule has 0 radical (unpaired) electrons. The van der Waals surface area contributed by atoms with E-state index in [1.807, 2.05) is 0 Å². The van der Waals surface area contributed by atoms with Crippen LogP contribution in [0.1, 0.15) is 17.2 Å². The summed E-state index contributed by atoms with van der Waals surface area (Å²) in [5.41, 5.74) is -1.69. The summed E-state index contributed by atoms with van der Waals surface area (Å²) in [6.45, 7) is 0. The second-order valence-electron chi connectivity index (χ2n) is 4.31. The second kappa shape index (κ2) is 5.43. The molecule has 0 saturated heterocycles. The van der Waals surface area contributed by atoms with Crippen LogP contribution >= 0.6 is 0 Å². The highest BCUT2D eigenvalue weighted by Crippen LogP contribution is 2.29. The number of aromatic nitrogens is 1. The van der Waals surface area contributed by atoms with Crippen molar-refractivity contribution in [3.63, 3.8) is 0 Å². The first-order valence-electron chi connectivity index (χ1n) is 5.88. The lowest BCUT2D eigenvalue weighted by atomic mass is 10.1. The zero-order valence-electron chi connectivity index (χ0n) is 10.5. The van der Waals surface area contributed by atoms with Gasteiger partial charge in [-0.2, -0.15) is 13.2 Å². The third-order valence-corrected chi connectivity index (χ3v) is 2.89. The molecule has 1 atom stereocenters. The molecule has 21 heavy (non-hydrogen) atoms. The number of hydrogen-bond acceptors (Lipinski definition) is 2. The molecule has 0 fully saturated rings. The van der Waals surface area contributed by atoms with E-state index in [1.165, 1.54) is 12.1 Å². The van der Waals surface area contributed by atoms with Crippen LogP contribution in [0.5, 0.6) is 0 Å². The summed E-state index contributed by atoms with van der Waals surface area (Å²) in [5.74, 6) is -1.41. The maximum atomic E-state index is 12.7. The Morgan fingerprint density at radius 2 is 1.71 bits per heavy atom. The number of hydrogen-bond donors (Lipinski definition) is 1. The number of pyridine rings is 1. The maximum absolute atomic E-state index is 12.7. The number of rotatable bonds is 3. The number of benzene rings is 1. The first kappa shape index (κ1) is 14.8. The van der Waals surface area contributed by atoms with E-state index in [-0.39, 0.29) is 5.56 Å². The van der Waals surface area contributed by atoms with Crippen LogP contribution in [-0.2, 0) is 11.0 Å². The fourth-order valence-electron chi connectivity index (χ4n) is 1.93. The summed E-state index contributed by atoms with van der Waals surface area (Å²) < 4.78 is 38.7. The van der Waals surface area contributed by atoms with Crippen LogP contribution in [-0.4, -0.2) is 15.6 Å². The van der Waals surface area contributed by atoms with Crippen LogP contribution < -0.4 is 5.56 Å². The minimum Gasteiger partial charge on any atom is -0.479 e. The minimum atomic E-state index is -4.66. The van der Waals surface area contributed by atoms with Gasteiger partial charge in [0.1, 0.15) is 0 Å². The SMILES string of the molecule is O=C(O)C(c1ccccc1)n1cc(C(F)(F)F)ccc1=O. The van der Waals surface area contributed by atoms with E-state index in [9.17, 15) is 27.9 Å². The van der Waals surface area contributed by atoms with Gasteiger partial charge in [-0.05, 0) is 11.6 Å². The summed E-state index contributed by atoms with van der Waals surface area (Å²) in [6, 6.07) is 7.42. The van der Waals surface area contributed by atoms with Crippen LogP contribution in [0.4, 0.5) is 13.2 Å². The van der Waals surface area contributed by atoms with Crippen LogP contribution in [0.3, 0.4) is 0 Å². The minimum absolute atomic E-state index is 0.214. The number of carboxylic acid groups (broad SMARTS) is 1. The van der Waals surface area contributed by atoms with Crippen molar-refractivity contribution in [3.05, 3.63) is 70.1 Å². The van der Waals surface area contributed by atoms with Gasteiger partial charge in [0.15, 0.2) is 6.04 Å². The van der Waals surface area contributed by atoms with Crippen molar-refractivity contribution in [1.82, 2.24) is 4.57 Å². The van der Waals surface area contributed by atoms with Gasteiger partial charge in [0.25, 0.3) is 5.56 Å². The normalized spacial score (nSPS) is 12.9. The molecule has 1 N–H and O–H groups in total. The lowest BCUT2D eigenvalue weighted by Crippen LogP contribution is -2.31. The summed E-state index contributed by atoms with van der Waals surface area (Å²) in [4.78, 5) is 23.1. The molecule has 2 rings (SSSR count). The summed E-state index contributed by atoms with van der Waals surface area (Å²) >= 11 is 0. The number of aliphatic carboxylic acids is 1. The van der Waals surface area contributed by atoms with Gasteiger partial charge in [-0.25, -0.2) is 4.79 Å². The molecular formula is C14H10F3NO3. The van der Waals surface area contributed by atoms with E-state index in [1.54, 1.807) is 18.2 Å². The number of nitrogens with zero attached hydrogens (tertiary/aromatic N) is 1. The molecule has 0 aliphatic carbocycles. The van der Waals surface area contributed by atoms with Crippen molar-refractivity contribution in [3.8, 4) is 0 Å². The molecule has 1 heterocycles. The van der Waals surface area contributed by atoms with E-state index in [4.69, 9.17) is 0 Å². The molecule has 0 amide bonds. The molecule has 110 valence electrons. The monoisotopic (exact) mass is 297 g/mol. The molecule has 2 aromatic rings. The van der Waals surface area contributed by atoms with E-state index < -0.39 is 29.3 Å². The Kier molecular flexibility index (Phi) is 3.84. The fourth-order valence-corrected chi connectivity index (χ4v) is 1.93. The van der Waals surface area contributed by atoms with E-state index in [2.05, 4.69) is 0 Å². The van der Waals surface area contributed by atoms with Crippen LogP contribution in [0.15, 0.2) is 53.5 Å². The first-order chi connectivity index (χ1) is 9.80. The van der Waals surface area contributed by atoms with Crippen LogP contribution in [0.25, 0.3) is 0 Å². The predicted molar refractivity (Wildman–Crippen MR) is 67.9 cm³/mol. The molecule has 0 aliphatic rings. The van der Waals surface area contributed by atoms with E-state index in [0.29, 0.717) is 22.9 Å². The highest BCUT2D eigenvalue weighted by atomic mass is 19.4. The predicted octanol–water partition coefficient (Wildman–Crippen LogP) is 2.54. The molecule has 1 aromatic heterocycles. The van der Waals surface area contributed by atoms with E-state index >= 15 is 0 Å². The summed E-state index contributed by atoms with van der Waals surface area (Å²) in [7, 11) is 0. The molecule has 7 heteroatoms. The third kappa shape index (κ3) is 3.13. The van der Waals surface area contributed by atoms with Crippen molar-refractivity contribution in [2.75, 3.05) is 0 Å². The first-order valence-corrected chi connectivity index (χ1v) is 5.88. The number of carbonyl (C=O) groups is 1. The average Bonchev–Trinajstić information content (AvgIpc) is 2.40. The van der Waals surface area contributed by atoms with Crippen molar-refractivity contribution in [2.45, 2.75) is 12.2 Å². The molecule has 4 nitrogen and oxygen atoms in total. The smallest absolute Gasteiger partial charge is 0.417 e. The lowest BCUT2D eigenvalue weighted by Gasteiger charge is -2.17. The van der Waals surface area contributed by atoms with Gasteiger partial charge in [0.2, 0.25) is 0 Å². The lowest BCUT2D eigenvalue weighted by molar-refractivity contribution is -0.141. The quantitative estimate of drug-likeness (QED) is 0.947. The van der Waals surface area contributed by atoms with Gasteiger partial charge in [0.05, 0.1) is 5.56 Å². The zero-order chi connectivity index (χ0) is 15.6. The Hall–Kier alpha value is -2.57. The Balaban J connectivity index is 2.62. The molecule has 0 aliphatic heterocycles. The zero-order valence-corrected chi connectivity index (χ0v) is 10.5. The summed E-state index contributed by atoms with van der Waals surface area (Å²) in [5, 5.41) is 9.26. The Morgan fingerprint density at radius 1 is 1.10 bits per heavy atom. The number of halogens is 3. The van der Waals surface area contributed by atoms with Gasteiger partial charge in [0, 0.05) is 12.3 Å². The van der Waals surface area contributed by atoms with E-state index in [0.717, 1.165) is 0 Å². The topological polar surface area (TPSA) is 59.3 Å². The molecule has 1 aromatic carbocycles. The largest absolute Gasteiger partial charge is 0.479 e. The number of alkyl halides is 3. The van der Waals surface area contributed by atoms with Gasteiger partial charge < -0.3 is 5.11 Å². The Morgan fingerprint density at radius 3 is 2.24 bits per heavy atom. The third-order valence-electron chi connectivity index (χ3n) is 2.89. The van der Waals surface area contributed by atoms with Gasteiger partial charge in [-0.15, -0.1) is 0 Å². The van der Waals surface area contributed by atoms with Crippen LogP contribution in [0.2, 0.25) is 0 Å².